The second-order valence-corrected chi connectivity index (χ2v) is 4.79. The van der Waals surface area contributed by atoms with Crippen LogP contribution in [0.5, 0.6) is 0 Å². The Balaban J connectivity index is 2.68. The monoisotopic (exact) mass is 272 g/mol. The second-order valence-electron chi connectivity index (χ2n) is 4.38. The lowest BCUT2D eigenvalue weighted by Crippen LogP contribution is -2.49. The molecule has 0 aliphatic heterocycles. The molecule has 18 heavy (non-hydrogen) atoms. The van der Waals surface area contributed by atoms with E-state index in [0.717, 1.165) is 18.9 Å². The average Bonchev–Trinajstić information content (AvgIpc) is 2.38. The van der Waals surface area contributed by atoms with E-state index in [2.05, 4.69) is 5.32 Å². The minimum absolute atomic E-state index is 0.00170. The molecule has 1 rings (SSSR count). The lowest BCUT2D eigenvalue weighted by molar-refractivity contribution is 0.0941. The molecular weight excluding hydrogens is 255 g/mol. The summed E-state index contributed by atoms with van der Waals surface area (Å²) in [6.07, 6.45) is 1.53. The Bertz CT molecular complexity index is 433. The van der Waals surface area contributed by atoms with Gasteiger partial charge in [-0.2, -0.15) is 0 Å². The third-order valence-electron chi connectivity index (χ3n) is 3.19. The van der Waals surface area contributed by atoms with Gasteiger partial charge in [0.15, 0.2) is 0 Å². The molecule has 0 unspecified atom stereocenters. The zero-order valence-electron chi connectivity index (χ0n) is 10.6. The van der Waals surface area contributed by atoms with Crippen LogP contribution in [0.4, 0.5) is 4.39 Å². The minimum Gasteiger partial charge on any atom is -0.350 e. The number of hydrogen-bond acceptors (Lipinski definition) is 2. The molecule has 0 saturated carbocycles. The molecule has 0 atom stereocenters. The van der Waals surface area contributed by atoms with Crippen LogP contribution >= 0.6 is 11.6 Å². The van der Waals surface area contributed by atoms with Crippen molar-refractivity contribution in [2.75, 3.05) is 6.54 Å². The second kappa shape index (κ2) is 6.16. The molecule has 1 amide bonds. The molecule has 0 radical (unpaired) electrons. The van der Waals surface area contributed by atoms with E-state index in [1.165, 1.54) is 12.1 Å². The zero-order chi connectivity index (χ0) is 13.8. The van der Waals surface area contributed by atoms with Crippen LogP contribution in [0.15, 0.2) is 18.2 Å². The van der Waals surface area contributed by atoms with Crippen LogP contribution in [0, 0.1) is 5.82 Å². The van der Waals surface area contributed by atoms with Crippen LogP contribution in [0.3, 0.4) is 0 Å². The van der Waals surface area contributed by atoms with Crippen LogP contribution in [0.1, 0.15) is 37.0 Å². The summed E-state index contributed by atoms with van der Waals surface area (Å²) in [4.78, 5) is 11.8. The van der Waals surface area contributed by atoms with Crippen molar-refractivity contribution < 1.29 is 9.18 Å². The molecule has 3 nitrogen and oxygen atoms in total. The van der Waals surface area contributed by atoms with Gasteiger partial charge >= 0.3 is 0 Å². The third kappa shape index (κ3) is 3.68. The van der Waals surface area contributed by atoms with E-state index >= 15 is 0 Å². The van der Waals surface area contributed by atoms with E-state index in [9.17, 15) is 9.18 Å². The van der Waals surface area contributed by atoms with Gasteiger partial charge < -0.3 is 11.1 Å². The molecule has 1 aromatic carbocycles. The maximum absolute atomic E-state index is 13.2. The van der Waals surface area contributed by atoms with Gasteiger partial charge in [0.1, 0.15) is 5.82 Å². The van der Waals surface area contributed by atoms with Gasteiger partial charge in [-0.05, 0) is 31.0 Å². The Labute approximate surface area is 112 Å². The summed E-state index contributed by atoms with van der Waals surface area (Å²) in [5.41, 5.74) is 5.89. The predicted octanol–water partition coefficient (Wildman–Crippen LogP) is 2.73. The highest BCUT2D eigenvalue weighted by atomic mass is 35.5. The summed E-state index contributed by atoms with van der Waals surface area (Å²) in [6, 6.07) is 3.96. The Morgan fingerprint density at radius 1 is 1.44 bits per heavy atom. The number of carbonyl (C=O) groups excluding carboxylic acids is 1. The van der Waals surface area contributed by atoms with Crippen molar-refractivity contribution in [3.63, 3.8) is 0 Å². The number of rotatable bonds is 5. The van der Waals surface area contributed by atoms with Gasteiger partial charge in [0.25, 0.3) is 5.91 Å². The first-order chi connectivity index (χ1) is 8.41. The summed E-state index contributed by atoms with van der Waals surface area (Å²) >= 11 is 5.55. The molecule has 3 N–H and O–H groups in total. The molecule has 1 aromatic rings. The van der Waals surface area contributed by atoms with E-state index in [0.29, 0.717) is 6.54 Å². The number of carbonyl (C=O) groups is 1. The standard InChI is InChI=1S/C13H18ClFN2O/c1-3-13(16,4-2)8-17-12(18)9-5-6-10(14)11(15)7-9/h5-7H,3-4,8,16H2,1-2H3,(H,17,18). The fraction of sp³-hybridized carbons (Fsp3) is 0.462. The molecule has 0 saturated heterocycles. The smallest absolute Gasteiger partial charge is 0.251 e. The first-order valence-corrected chi connectivity index (χ1v) is 6.32. The molecule has 0 aliphatic carbocycles. The first-order valence-electron chi connectivity index (χ1n) is 5.94. The van der Waals surface area contributed by atoms with Gasteiger partial charge in [0.05, 0.1) is 5.02 Å². The Morgan fingerprint density at radius 3 is 2.56 bits per heavy atom. The van der Waals surface area contributed by atoms with Gasteiger partial charge in [-0.3, -0.25) is 4.79 Å². The molecule has 0 spiro atoms. The fourth-order valence-electron chi connectivity index (χ4n) is 1.50. The van der Waals surface area contributed by atoms with Gasteiger partial charge in [-0.25, -0.2) is 4.39 Å². The Hall–Kier alpha value is -1.13. The number of nitrogens with two attached hydrogens (primary N) is 1. The van der Waals surface area contributed by atoms with Crippen molar-refractivity contribution in [1.29, 1.82) is 0 Å². The number of nitrogens with one attached hydrogen (secondary N) is 1. The zero-order valence-corrected chi connectivity index (χ0v) is 11.4. The van der Waals surface area contributed by atoms with E-state index in [-0.39, 0.29) is 16.5 Å². The van der Waals surface area contributed by atoms with Crippen LogP contribution in [0.25, 0.3) is 0 Å². The first kappa shape index (κ1) is 14.9. The van der Waals surface area contributed by atoms with Crippen LogP contribution in [-0.4, -0.2) is 18.0 Å². The Kier molecular flexibility index (Phi) is 5.11. The van der Waals surface area contributed by atoms with Crippen molar-refractivity contribution in [1.82, 2.24) is 5.32 Å². The number of hydrogen-bond donors (Lipinski definition) is 2. The third-order valence-corrected chi connectivity index (χ3v) is 3.50. The van der Waals surface area contributed by atoms with Gasteiger partial charge in [0.2, 0.25) is 0 Å². The molecule has 0 heterocycles. The van der Waals surface area contributed by atoms with Crippen molar-refractivity contribution in [3.8, 4) is 0 Å². The van der Waals surface area contributed by atoms with Gasteiger partial charge in [-0.1, -0.05) is 25.4 Å². The summed E-state index contributed by atoms with van der Waals surface area (Å²) in [5, 5.41) is 2.72. The van der Waals surface area contributed by atoms with Crippen LogP contribution < -0.4 is 11.1 Å². The van der Waals surface area contributed by atoms with Crippen molar-refractivity contribution in [2.45, 2.75) is 32.2 Å². The number of halogens is 2. The van der Waals surface area contributed by atoms with Crippen LogP contribution in [-0.2, 0) is 0 Å². The lowest BCUT2D eigenvalue weighted by atomic mass is 9.94. The van der Waals surface area contributed by atoms with Gasteiger partial charge in [-0.15, -0.1) is 0 Å². The van der Waals surface area contributed by atoms with E-state index in [4.69, 9.17) is 17.3 Å². The lowest BCUT2D eigenvalue weighted by Gasteiger charge is -2.26. The summed E-state index contributed by atoms with van der Waals surface area (Å²) in [6.45, 7) is 4.30. The van der Waals surface area contributed by atoms with Crippen LogP contribution in [0.2, 0.25) is 5.02 Å². The molecule has 0 aliphatic rings. The van der Waals surface area contributed by atoms with Crippen molar-refractivity contribution >= 4 is 17.5 Å². The minimum atomic E-state index is -0.602. The Morgan fingerprint density at radius 2 is 2.06 bits per heavy atom. The molecule has 100 valence electrons. The largest absolute Gasteiger partial charge is 0.350 e. The molecule has 5 heteroatoms. The molecule has 0 fully saturated rings. The topological polar surface area (TPSA) is 55.1 Å². The predicted molar refractivity (Wildman–Crippen MR) is 71.2 cm³/mol. The fourth-order valence-corrected chi connectivity index (χ4v) is 1.61. The van der Waals surface area contributed by atoms with E-state index in [1.54, 1.807) is 0 Å². The highest BCUT2D eigenvalue weighted by molar-refractivity contribution is 6.30. The summed E-state index contributed by atoms with van der Waals surface area (Å²) < 4.78 is 13.2. The van der Waals surface area contributed by atoms with Gasteiger partial charge in [0, 0.05) is 17.6 Å². The summed E-state index contributed by atoms with van der Waals surface area (Å²) in [5.74, 6) is -0.948. The maximum Gasteiger partial charge on any atom is 0.251 e. The quantitative estimate of drug-likeness (QED) is 0.866. The van der Waals surface area contributed by atoms with E-state index in [1.807, 2.05) is 13.8 Å². The average molecular weight is 273 g/mol. The van der Waals surface area contributed by atoms with Crippen molar-refractivity contribution in [2.24, 2.45) is 5.73 Å². The van der Waals surface area contributed by atoms with Crippen molar-refractivity contribution in [3.05, 3.63) is 34.6 Å². The normalized spacial score (nSPS) is 11.4. The highest BCUT2D eigenvalue weighted by Gasteiger charge is 2.21. The number of benzene rings is 1. The molecular formula is C13H18ClFN2O. The molecule has 0 aromatic heterocycles. The SMILES string of the molecule is CCC(N)(CC)CNC(=O)c1ccc(Cl)c(F)c1. The highest BCUT2D eigenvalue weighted by Crippen LogP contribution is 2.16. The molecule has 0 bridgehead atoms. The maximum atomic E-state index is 13.2. The number of amides is 1. The summed E-state index contributed by atoms with van der Waals surface area (Å²) in [7, 11) is 0. The van der Waals surface area contributed by atoms with E-state index < -0.39 is 11.4 Å².